The van der Waals surface area contributed by atoms with E-state index >= 15 is 0 Å². The Hall–Kier alpha value is -4.34. The molecule has 0 aliphatic heterocycles. The van der Waals surface area contributed by atoms with Crippen LogP contribution in [0.4, 0.5) is 15.3 Å². The first-order valence-corrected chi connectivity index (χ1v) is 13.1. The number of benzene rings is 4. The van der Waals surface area contributed by atoms with Crippen molar-refractivity contribution < 1.29 is 18.0 Å². The quantitative estimate of drug-likeness (QED) is 0.209. The van der Waals surface area contributed by atoms with Gasteiger partial charge in [0, 0.05) is 10.7 Å². The fraction of sp³-hybridized carbons (Fsp3) is 0.0714. The minimum absolute atomic E-state index is 0.341. The van der Waals surface area contributed by atoms with E-state index in [4.69, 9.17) is 15.8 Å². The fourth-order valence-corrected chi connectivity index (χ4v) is 4.38. The van der Waals surface area contributed by atoms with E-state index in [-0.39, 0.29) is 0 Å². The van der Waals surface area contributed by atoms with Gasteiger partial charge in [0.2, 0.25) is 0 Å². The van der Waals surface area contributed by atoms with Gasteiger partial charge in [-0.3, -0.25) is 0 Å². The van der Waals surface area contributed by atoms with Gasteiger partial charge in [-0.1, -0.05) is 90.5 Å². The zero-order chi connectivity index (χ0) is 26.7. The molecule has 3 unspecified atom stereocenters. The predicted octanol–water partition coefficient (Wildman–Crippen LogP) is 5.90. The molecule has 0 aliphatic carbocycles. The Kier molecular flexibility index (Phi) is 9.33. The van der Waals surface area contributed by atoms with E-state index in [9.17, 15) is 13.8 Å². The maximum absolute atomic E-state index is 13.0. The molecule has 4 N–H and O–H groups in total. The summed E-state index contributed by atoms with van der Waals surface area (Å²) < 4.78 is 20.0. The highest BCUT2D eigenvalue weighted by atomic mass is 35.5. The van der Waals surface area contributed by atoms with Gasteiger partial charge in [0.15, 0.2) is 0 Å². The molecule has 4 rings (SSSR count). The van der Waals surface area contributed by atoms with Crippen LogP contribution in [0, 0.1) is 0 Å². The Morgan fingerprint density at radius 2 is 1.13 bits per heavy atom. The van der Waals surface area contributed by atoms with Gasteiger partial charge in [0.1, 0.15) is 5.75 Å². The number of hydrogen-bond acceptors (Lipinski definition) is 4. The van der Waals surface area contributed by atoms with Gasteiger partial charge in [0.05, 0.1) is 12.1 Å². The number of hydrogen-bond donors (Lipinski definition) is 4. The zero-order valence-electron chi connectivity index (χ0n) is 20.0. The van der Waals surface area contributed by atoms with E-state index in [1.54, 1.807) is 54.6 Å². The lowest BCUT2D eigenvalue weighted by molar-refractivity contribution is 0.232. The number of carbonyl (C=O) groups is 2. The molecule has 4 aromatic rings. The molecule has 38 heavy (non-hydrogen) atoms. The van der Waals surface area contributed by atoms with Crippen molar-refractivity contribution in [3.63, 3.8) is 0 Å². The standard InChI is InChI=1S/C28H25ClN4O4S/c29-22-16-18-23(19-17-22)30-27(34)31-25(20-10-4-1-5-11-20)26(21-12-6-2-7-13-21)32-28(35)33-38(36)37-24-14-8-3-9-15-24/h1-19,25-26H,(H2,30,31,34)(H2,32,33,35). The van der Waals surface area contributed by atoms with Gasteiger partial charge in [-0.15, -0.1) is 0 Å². The molecule has 0 radical (unpaired) electrons. The first-order chi connectivity index (χ1) is 18.5. The summed E-state index contributed by atoms with van der Waals surface area (Å²) in [6.45, 7) is 0. The molecule has 0 saturated heterocycles. The number of anilines is 1. The highest BCUT2D eigenvalue weighted by Crippen LogP contribution is 2.29. The Morgan fingerprint density at radius 3 is 1.66 bits per heavy atom. The lowest BCUT2D eigenvalue weighted by Gasteiger charge is -2.30. The van der Waals surface area contributed by atoms with Crippen LogP contribution in [0.3, 0.4) is 0 Å². The van der Waals surface area contributed by atoms with E-state index in [0.717, 1.165) is 11.1 Å². The van der Waals surface area contributed by atoms with Gasteiger partial charge < -0.3 is 20.1 Å². The third-order valence-electron chi connectivity index (χ3n) is 5.42. The molecule has 0 aliphatic rings. The molecule has 4 aromatic carbocycles. The molecule has 0 aromatic heterocycles. The summed E-state index contributed by atoms with van der Waals surface area (Å²) in [7, 11) is 0. The summed E-state index contributed by atoms with van der Waals surface area (Å²) in [6.07, 6.45) is 0. The van der Waals surface area contributed by atoms with Gasteiger partial charge >= 0.3 is 23.3 Å². The molecule has 0 heterocycles. The smallest absolute Gasteiger partial charge is 0.329 e. The van der Waals surface area contributed by atoms with Crippen molar-refractivity contribution in [3.8, 4) is 5.75 Å². The van der Waals surface area contributed by atoms with E-state index in [0.29, 0.717) is 16.5 Å². The average Bonchev–Trinajstić information content (AvgIpc) is 2.93. The van der Waals surface area contributed by atoms with E-state index in [1.165, 1.54) is 0 Å². The second kappa shape index (κ2) is 13.3. The average molecular weight is 549 g/mol. The van der Waals surface area contributed by atoms with Crippen molar-refractivity contribution in [3.05, 3.63) is 131 Å². The lowest BCUT2D eigenvalue weighted by atomic mass is 9.93. The minimum Gasteiger partial charge on any atom is -0.385 e. The summed E-state index contributed by atoms with van der Waals surface area (Å²) in [4.78, 5) is 26.0. The summed E-state index contributed by atoms with van der Waals surface area (Å²) in [5.74, 6) is 0.341. The summed E-state index contributed by atoms with van der Waals surface area (Å²) in [5.41, 5.74) is 2.02. The van der Waals surface area contributed by atoms with Crippen molar-refractivity contribution in [2.45, 2.75) is 12.1 Å². The van der Waals surface area contributed by atoms with E-state index in [1.807, 2.05) is 60.7 Å². The number of rotatable bonds is 9. The Balaban J connectivity index is 1.55. The van der Waals surface area contributed by atoms with Crippen molar-refractivity contribution in [2.75, 3.05) is 5.32 Å². The first-order valence-electron chi connectivity index (χ1n) is 11.6. The second-order valence-electron chi connectivity index (χ2n) is 8.09. The molecule has 0 saturated carbocycles. The van der Waals surface area contributed by atoms with E-state index < -0.39 is 35.4 Å². The second-order valence-corrected chi connectivity index (χ2v) is 9.37. The van der Waals surface area contributed by atoms with Crippen LogP contribution >= 0.6 is 11.6 Å². The highest BCUT2D eigenvalue weighted by Gasteiger charge is 2.29. The molecule has 10 heteroatoms. The summed E-state index contributed by atoms with van der Waals surface area (Å²) >= 11 is 3.80. The Bertz CT molecular complexity index is 1360. The number of nitrogens with one attached hydrogen (secondary N) is 4. The molecule has 8 nitrogen and oxygen atoms in total. The van der Waals surface area contributed by atoms with Crippen LogP contribution in [0.2, 0.25) is 5.02 Å². The maximum atomic E-state index is 13.0. The van der Waals surface area contributed by atoms with Crippen LogP contribution in [-0.2, 0) is 11.3 Å². The highest BCUT2D eigenvalue weighted by molar-refractivity contribution is 7.79. The predicted molar refractivity (Wildman–Crippen MR) is 149 cm³/mol. The fourth-order valence-electron chi connectivity index (χ4n) is 3.71. The zero-order valence-corrected chi connectivity index (χ0v) is 21.6. The molecule has 0 spiro atoms. The van der Waals surface area contributed by atoms with Crippen molar-refractivity contribution in [1.82, 2.24) is 15.4 Å². The van der Waals surface area contributed by atoms with E-state index in [2.05, 4.69) is 20.7 Å². The number of carbonyl (C=O) groups excluding carboxylic acids is 2. The van der Waals surface area contributed by atoms with Crippen molar-refractivity contribution >= 4 is 40.6 Å². The Labute approximate surface area is 228 Å². The monoisotopic (exact) mass is 548 g/mol. The third-order valence-corrected chi connectivity index (χ3v) is 6.37. The van der Waals surface area contributed by atoms with Crippen molar-refractivity contribution in [1.29, 1.82) is 0 Å². The molecule has 0 fully saturated rings. The topological polar surface area (TPSA) is 109 Å². The van der Waals surface area contributed by atoms with Gasteiger partial charge in [-0.25, -0.2) is 14.3 Å². The summed E-state index contributed by atoms with van der Waals surface area (Å²) in [6, 6.07) is 30.9. The molecule has 3 atom stereocenters. The number of amides is 4. The van der Waals surface area contributed by atoms with Crippen LogP contribution in [-0.4, -0.2) is 16.3 Å². The largest absolute Gasteiger partial charge is 0.385 e. The van der Waals surface area contributed by atoms with Crippen LogP contribution in [0.5, 0.6) is 5.75 Å². The van der Waals surface area contributed by atoms with Gasteiger partial charge in [-0.2, -0.15) is 4.21 Å². The van der Waals surface area contributed by atoms with Crippen LogP contribution in [0.1, 0.15) is 23.2 Å². The number of urea groups is 2. The maximum Gasteiger partial charge on any atom is 0.329 e. The SMILES string of the molecule is O=C(Nc1ccc(Cl)cc1)NC(c1ccccc1)C(NC(=O)NS(=O)Oc1ccccc1)c1ccccc1. The first kappa shape index (κ1) is 26.7. The molecule has 4 amide bonds. The summed E-state index contributed by atoms with van der Waals surface area (Å²) in [5, 5.41) is 9.13. The number of para-hydroxylation sites is 1. The molecule has 0 bridgehead atoms. The molecule has 194 valence electrons. The third kappa shape index (κ3) is 7.83. The van der Waals surface area contributed by atoms with Crippen molar-refractivity contribution in [2.24, 2.45) is 0 Å². The van der Waals surface area contributed by atoms with Gasteiger partial charge in [0.25, 0.3) is 0 Å². The van der Waals surface area contributed by atoms with Crippen LogP contribution in [0.15, 0.2) is 115 Å². The molecular weight excluding hydrogens is 524 g/mol. The number of halogens is 1. The van der Waals surface area contributed by atoms with Crippen LogP contribution in [0.25, 0.3) is 0 Å². The molecular formula is C28H25ClN4O4S. The van der Waals surface area contributed by atoms with Gasteiger partial charge in [-0.05, 0) is 47.5 Å². The van der Waals surface area contributed by atoms with Crippen LogP contribution < -0.4 is 24.9 Å². The lowest BCUT2D eigenvalue weighted by Crippen LogP contribution is -2.46. The minimum atomic E-state index is -2.14. The Morgan fingerprint density at radius 1 is 0.658 bits per heavy atom. The normalized spacial score (nSPS) is 12.9.